The quantitative estimate of drug-likeness (QED) is 0.519. The zero-order chi connectivity index (χ0) is 18.7. The summed E-state index contributed by atoms with van der Waals surface area (Å²) in [7, 11) is -2.47. The second-order valence-electron chi connectivity index (χ2n) is 6.72. The topological polar surface area (TPSA) is 71.0 Å². The molecule has 7 heteroatoms. The maximum absolute atomic E-state index is 12.5. The van der Waals surface area contributed by atoms with Crippen molar-refractivity contribution in [3.8, 4) is 5.75 Å². The van der Waals surface area contributed by atoms with Crippen LogP contribution in [0.3, 0.4) is 0 Å². The molecule has 1 unspecified atom stereocenters. The summed E-state index contributed by atoms with van der Waals surface area (Å²) in [5, 5.41) is 2.01. The van der Waals surface area contributed by atoms with Crippen molar-refractivity contribution in [1.82, 2.24) is 0 Å². The van der Waals surface area contributed by atoms with Gasteiger partial charge in [0.15, 0.2) is 6.04 Å². The van der Waals surface area contributed by atoms with Crippen LogP contribution >= 0.6 is 19.8 Å². The molecule has 3 rings (SSSR count). The third-order valence-electron chi connectivity index (χ3n) is 4.43. The molecule has 2 atom stereocenters. The van der Waals surface area contributed by atoms with Gasteiger partial charge in [-0.3, -0.25) is 4.52 Å². The third-order valence-corrected chi connectivity index (χ3v) is 5.50. The summed E-state index contributed by atoms with van der Waals surface area (Å²) in [6.45, 7) is 3.68. The van der Waals surface area contributed by atoms with Crippen LogP contribution in [0.2, 0.25) is 5.02 Å². The summed E-state index contributed by atoms with van der Waals surface area (Å²) in [4.78, 5) is 24.8. The number of carbonyl (C=O) groups is 1. The van der Waals surface area contributed by atoms with Crippen LogP contribution in [0, 0.1) is 5.92 Å². The molecule has 0 saturated heterocycles. The highest BCUT2D eigenvalue weighted by Gasteiger charge is 2.31. The molecule has 138 valence electrons. The predicted molar refractivity (Wildman–Crippen MR) is 101 cm³/mol. The summed E-state index contributed by atoms with van der Waals surface area (Å²) in [5.41, 5.74) is 0. The van der Waals surface area contributed by atoms with Crippen LogP contribution in [0.5, 0.6) is 5.75 Å². The van der Waals surface area contributed by atoms with Gasteiger partial charge in [-0.1, -0.05) is 60.5 Å². The molecule has 2 aromatic rings. The highest BCUT2D eigenvalue weighted by atomic mass is 35.5. The Morgan fingerprint density at radius 1 is 1.27 bits per heavy atom. The number of carbonyl (C=O) groups excluding carboxylic acids is 1. The lowest BCUT2D eigenvalue weighted by atomic mass is 9.96. The number of nitrogens with zero attached hydrogens (tertiary/aromatic N) is 1. The number of benzene rings is 2. The van der Waals surface area contributed by atoms with Gasteiger partial charge in [0, 0.05) is 5.39 Å². The van der Waals surface area contributed by atoms with Crippen molar-refractivity contribution in [2.45, 2.75) is 45.3 Å². The first-order valence-electron chi connectivity index (χ1n) is 8.69. The van der Waals surface area contributed by atoms with E-state index in [0.717, 1.165) is 30.0 Å². The molecule has 26 heavy (non-hydrogen) atoms. The third kappa shape index (κ3) is 4.35. The Hall–Kier alpha value is -1.68. The van der Waals surface area contributed by atoms with E-state index in [1.54, 1.807) is 6.07 Å². The van der Waals surface area contributed by atoms with Gasteiger partial charge in [0.25, 0.3) is 0 Å². The van der Waals surface area contributed by atoms with Crippen molar-refractivity contribution in [1.29, 1.82) is 0 Å². The van der Waals surface area contributed by atoms with Gasteiger partial charge >= 0.3 is 14.1 Å². The van der Waals surface area contributed by atoms with Gasteiger partial charge in [-0.25, -0.2) is 4.79 Å². The van der Waals surface area contributed by atoms with Crippen LogP contribution in [0.25, 0.3) is 10.8 Å². The second-order valence-corrected chi connectivity index (χ2v) is 8.02. The van der Waals surface area contributed by atoms with Gasteiger partial charge in [0.2, 0.25) is 5.75 Å². The molecule has 1 saturated carbocycles. The summed E-state index contributed by atoms with van der Waals surface area (Å²) in [6.07, 6.45) is 2.79. The van der Waals surface area contributed by atoms with E-state index in [1.165, 1.54) is 0 Å². The lowest BCUT2D eigenvalue weighted by molar-refractivity contribution is -0.170. The number of fused-ring (bicyclic) bond motifs is 1. The number of rotatable bonds is 6. The van der Waals surface area contributed by atoms with Crippen molar-refractivity contribution < 1.29 is 18.9 Å². The minimum atomic E-state index is -2.47. The molecule has 5 nitrogen and oxygen atoms in total. The van der Waals surface area contributed by atoms with Crippen molar-refractivity contribution in [2.75, 3.05) is 0 Å². The molecule has 0 heterocycles. The first-order valence-corrected chi connectivity index (χ1v) is 10.2. The van der Waals surface area contributed by atoms with Gasteiger partial charge in [0.05, 0.1) is 5.02 Å². The van der Waals surface area contributed by atoms with Gasteiger partial charge in [-0.2, -0.15) is 0 Å². The Morgan fingerprint density at radius 3 is 2.65 bits per heavy atom. The van der Waals surface area contributed by atoms with Gasteiger partial charge in [-0.05, 0) is 36.6 Å². The number of hydrogen-bond donors (Lipinski definition) is 0. The van der Waals surface area contributed by atoms with E-state index in [4.69, 9.17) is 20.9 Å². The van der Waals surface area contributed by atoms with E-state index in [-0.39, 0.29) is 12.0 Å². The smallest absolute Gasteiger partial charge is 0.395 e. The number of ether oxygens (including phenoxy) is 1. The molecule has 0 aliphatic heterocycles. The highest BCUT2D eigenvalue weighted by Crippen LogP contribution is 2.38. The monoisotopic (exact) mass is 393 g/mol. The van der Waals surface area contributed by atoms with Gasteiger partial charge < -0.3 is 9.63 Å². The number of hydrogen-bond acceptors (Lipinski definition) is 5. The summed E-state index contributed by atoms with van der Waals surface area (Å²) < 4.78 is 15.0. The SMILES string of the molecule is CC(C)[C@H](N=[P+]([O-])Oc1c(Cl)ccc2ccccc12)C(=O)OC1CCC1. The van der Waals surface area contributed by atoms with Crippen LogP contribution in [0.4, 0.5) is 0 Å². The largest absolute Gasteiger partial charge is 0.575 e. The van der Waals surface area contributed by atoms with Crippen LogP contribution in [-0.2, 0) is 9.53 Å². The van der Waals surface area contributed by atoms with Gasteiger partial charge in [-0.15, -0.1) is 0 Å². The fraction of sp³-hybridized carbons (Fsp3) is 0.421. The first kappa shape index (κ1) is 19.1. The summed E-state index contributed by atoms with van der Waals surface area (Å²) in [5.74, 6) is -0.279. The van der Waals surface area contributed by atoms with Crippen molar-refractivity contribution in [3.63, 3.8) is 0 Å². The first-order chi connectivity index (χ1) is 12.5. The van der Waals surface area contributed by atoms with Crippen molar-refractivity contribution >= 4 is 36.5 Å². The molecular formula is C19H21ClNO4P. The van der Waals surface area contributed by atoms with E-state index in [1.807, 2.05) is 44.2 Å². The van der Waals surface area contributed by atoms with Gasteiger partial charge in [0.1, 0.15) is 6.10 Å². The zero-order valence-electron chi connectivity index (χ0n) is 14.7. The number of halogens is 1. The van der Waals surface area contributed by atoms with Crippen LogP contribution in [0.15, 0.2) is 41.1 Å². The van der Waals surface area contributed by atoms with Crippen LogP contribution < -0.4 is 9.42 Å². The van der Waals surface area contributed by atoms with E-state index in [2.05, 4.69) is 4.74 Å². The summed E-state index contributed by atoms with van der Waals surface area (Å²) >= 11 is 6.22. The summed E-state index contributed by atoms with van der Waals surface area (Å²) in [6, 6.07) is 10.2. The minimum Gasteiger partial charge on any atom is -0.575 e. The van der Waals surface area contributed by atoms with Crippen molar-refractivity contribution in [3.05, 3.63) is 41.4 Å². The van der Waals surface area contributed by atoms with Crippen molar-refractivity contribution in [2.24, 2.45) is 10.7 Å². The Labute approximate surface area is 158 Å². The lowest BCUT2D eigenvalue weighted by Gasteiger charge is -2.26. The number of esters is 1. The molecular weight excluding hydrogens is 373 g/mol. The highest BCUT2D eigenvalue weighted by molar-refractivity contribution is 7.34. The molecule has 2 aromatic carbocycles. The van der Waals surface area contributed by atoms with E-state index >= 15 is 0 Å². The molecule has 0 amide bonds. The Kier molecular flexibility index (Phi) is 6.13. The second kappa shape index (κ2) is 8.34. The fourth-order valence-corrected chi connectivity index (χ4v) is 3.91. The molecule has 1 fully saturated rings. The average molecular weight is 394 g/mol. The standard InChI is InChI=1S/C19H21ClNO4P/c1-12(2)17(19(22)24-14-7-5-8-14)21-26(23)25-18-15-9-4-3-6-13(15)10-11-16(18)20/h3-4,6,9-12,14,17H,5,7-8H2,1-2H3/t17-/m0/s1. The maximum atomic E-state index is 12.5. The predicted octanol–water partition coefficient (Wildman–Crippen LogP) is 4.85. The Bertz CT molecular complexity index is 835. The molecule has 0 spiro atoms. The Balaban J connectivity index is 1.82. The normalized spacial score (nSPS) is 16.4. The lowest BCUT2D eigenvalue weighted by Crippen LogP contribution is -2.33. The molecule has 0 aromatic heterocycles. The van der Waals surface area contributed by atoms with E-state index in [0.29, 0.717) is 10.8 Å². The van der Waals surface area contributed by atoms with E-state index < -0.39 is 20.2 Å². The molecule has 0 radical (unpaired) electrons. The van der Waals surface area contributed by atoms with E-state index in [9.17, 15) is 9.69 Å². The van der Waals surface area contributed by atoms with Crippen LogP contribution in [0.1, 0.15) is 33.1 Å². The average Bonchev–Trinajstić information content (AvgIpc) is 2.58. The molecule has 0 bridgehead atoms. The molecule has 0 N–H and O–H groups in total. The Morgan fingerprint density at radius 2 is 2.00 bits per heavy atom. The van der Waals surface area contributed by atoms with Crippen LogP contribution in [-0.4, -0.2) is 18.1 Å². The minimum absolute atomic E-state index is 0.0368. The molecule has 1 aliphatic rings. The zero-order valence-corrected chi connectivity index (χ0v) is 16.4. The maximum Gasteiger partial charge on any atom is 0.395 e. The molecule has 1 aliphatic carbocycles. The fourth-order valence-electron chi connectivity index (χ4n) is 2.69.